The van der Waals surface area contributed by atoms with Crippen molar-refractivity contribution in [3.8, 4) is 0 Å². The van der Waals surface area contributed by atoms with Gasteiger partial charge in [-0.05, 0) is 83.9 Å². The summed E-state index contributed by atoms with van der Waals surface area (Å²) < 4.78 is 13.0. The molecule has 1 aliphatic carbocycles. The number of benzene rings is 1. The first-order valence-corrected chi connectivity index (χ1v) is 16.5. The summed E-state index contributed by atoms with van der Waals surface area (Å²) in [7, 11) is 0. The molecular formula is C38H67FN2. The molecule has 0 spiro atoms. The maximum atomic E-state index is 13.0. The molecule has 1 aliphatic rings. The third-order valence-electron chi connectivity index (χ3n) is 6.16. The second kappa shape index (κ2) is 33.7. The van der Waals surface area contributed by atoms with E-state index in [2.05, 4.69) is 55.9 Å². The highest BCUT2D eigenvalue weighted by Gasteiger charge is 2.33. The van der Waals surface area contributed by atoms with E-state index >= 15 is 0 Å². The zero-order chi connectivity index (χ0) is 32.6. The van der Waals surface area contributed by atoms with Gasteiger partial charge in [-0.25, -0.2) is 4.39 Å². The Balaban J connectivity index is -0.000000217. The van der Waals surface area contributed by atoms with Crippen LogP contribution in [0.1, 0.15) is 158 Å². The molecule has 4 atom stereocenters. The van der Waals surface area contributed by atoms with E-state index in [4.69, 9.17) is 0 Å². The molecule has 4 unspecified atom stereocenters. The fourth-order valence-corrected chi connectivity index (χ4v) is 3.40. The van der Waals surface area contributed by atoms with Crippen molar-refractivity contribution in [3.63, 3.8) is 0 Å². The van der Waals surface area contributed by atoms with Crippen molar-refractivity contribution in [1.29, 1.82) is 0 Å². The largest absolute Gasteiger partial charge is 0.265 e. The molecule has 4 rings (SSSR count). The van der Waals surface area contributed by atoms with Crippen LogP contribution >= 0.6 is 0 Å². The minimum Gasteiger partial charge on any atom is -0.265 e. The van der Waals surface area contributed by atoms with Crippen molar-refractivity contribution in [2.45, 2.75) is 141 Å². The monoisotopic (exact) mass is 571 g/mol. The van der Waals surface area contributed by atoms with Crippen molar-refractivity contribution in [2.75, 3.05) is 0 Å². The summed E-state index contributed by atoms with van der Waals surface area (Å²) in [6.45, 7) is 30.8. The average molecular weight is 571 g/mol. The number of halogens is 1. The van der Waals surface area contributed by atoms with Gasteiger partial charge in [-0.1, -0.05) is 128 Å². The Bertz CT molecular complexity index is 828. The van der Waals surface area contributed by atoms with Gasteiger partial charge >= 0.3 is 0 Å². The molecule has 0 radical (unpaired) electrons. The van der Waals surface area contributed by atoms with Crippen molar-refractivity contribution in [1.82, 2.24) is 9.97 Å². The third kappa shape index (κ3) is 21.8. The Hall–Kier alpha value is -2.55. The lowest BCUT2D eigenvalue weighted by Gasteiger charge is -2.08. The first kappa shape index (κ1) is 45.4. The molecule has 0 amide bonds. The van der Waals surface area contributed by atoms with Crippen LogP contribution in [0.2, 0.25) is 0 Å². The van der Waals surface area contributed by atoms with Crippen LogP contribution in [0.25, 0.3) is 0 Å². The molecule has 0 N–H and O–H groups in total. The molecule has 2 heterocycles. The summed E-state index contributed by atoms with van der Waals surface area (Å²) in [5.74, 6) is 2.64. The van der Waals surface area contributed by atoms with Gasteiger partial charge in [0.05, 0.1) is 0 Å². The summed E-state index contributed by atoms with van der Waals surface area (Å²) >= 11 is 0. The number of hydrogen-bond acceptors (Lipinski definition) is 2. The van der Waals surface area contributed by atoms with E-state index in [1.807, 2.05) is 119 Å². The van der Waals surface area contributed by atoms with Crippen LogP contribution in [-0.2, 0) is 0 Å². The van der Waals surface area contributed by atoms with Crippen LogP contribution in [0, 0.1) is 11.7 Å². The van der Waals surface area contributed by atoms with Gasteiger partial charge in [-0.15, -0.1) is 0 Å². The second-order valence-electron chi connectivity index (χ2n) is 8.53. The molecule has 0 bridgehead atoms. The smallest absolute Gasteiger partial charge is 0.126 e. The average Bonchev–Trinajstić information content (AvgIpc) is 3.83. The molecule has 1 saturated carbocycles. The SMILES string of the molecule is CC.CC.CC.CC.CC.CC1CC1c1ccncc1.CCC(C)c1ccccc1F.CCC(C)c1cccnc1. The fourth-order valence-electron chi connectivity index (χ4n) is 3.40. The molecule has 1 fully saturated rings. The minimum absolute atomic E-state index is 0.0816. The number of rotatable bonds is 5. The van der Waals surface area contributed by atoms with Gasteiger partial charge in [0.25, 0.3) is 0 Å². The Morgan fingerprint density at radius 1 is 0.683 bits per heavy atom. The number of aromatic nitrogens is 2. The van der Waals surface area contributed by atoms with E-state index in [0.717, 1.165) is 23.8 Å². The minimum atomic E-state index is -0.0816. The van der Waals surface area contributed by atoms with Crippen LogP contribution in [-0.4, -0.2) is 9.97 Å². The van der Waals surface area contributed by atoms with Gasteiger partial charge in [0.2, 0.25) is 0 Å². The highest BCUT2D eigenvalue weighted by atomic mass is 19.1. The van der Waals surface area contributed by atoms with E-state index in [1.54, 1.807) is 6.07 Å². The molecule has 2 aromatic heterocycles. The fraction of sp³-hybridized carbons (Fsp3) is 0.579. The summed E-state index contributed by atoms with van der Waals surface area (Å²) in [6.07, 6.45) is 11.0. The van der Waals surface area contributed by atoms with Crippen LogP contribution in [0.5, 0.6) is 0 Å². The lowest BCUT2D eigenvalue weighted by atomic mass is 9.98. The molecule has 236 valence electrons. The van der Waals surface area contributed by atoms with E-state index < -0.39 is 0 Å². The molecule has 0 aliphatic heterocycles. The molecule has 0 saturated heterocycles. The standard InChI is InChI=1S/C10H13F.C9H11N.C9H13N.5C2H6/c1-3-8(2)9-6-4-5-7-10(9)11;1-7-6-9(7)8-2-4-10-5-3-8;1-3-8(2)9-5-4-6-10-7-9;5*1-2/h4-8H,3H2,1-2H3;2-5,7,9H,6H2,1H3;4-8H,3H2,1-2H3;5*1-2H3. The topological polar surface area (TPSA) is 25.8 Å². The van der Waals surface area contributed by atoms with E-state index in [-0.39, 0.29) is 5.82 Å². The number of nitrogens with zero attached hydrogens (tertiary/aromatic N) is 2. The van der Waals surface area contributed by atoms with Crippen LogP contribution in [0.4, 0.5) is 4.39 Å². The van der Waals surface area contributed by atoms with Gasteiger partial charge in [0.15, 0.2) is 0 Å². The maximum absolute atomic E-state index is 13.0. The first-order chi connectivity index (χ1) is 20.0. The summed E-state index contributed by atoms with van der Waals surface area (Å²) in [5.41, 5.74) is 3.63. The van der Waals surface area contributed by atoms with E-state index in [0.29, 0.717) is 11.8 Å². The van der Waals surface area contributed by atoms with Gasteiger partial charge < -0.3 is 0 Å². The lowest BCUT2D eigenvalue weighted by molar-refractivity contribution is 0.584. The number of hydrogen-bond donors (Lipinski definition) is 0. The van der Waals surface area contributed by atoms with E-state index in [1.165, 1.54) is 30.0 Å². The first-order valence-electron chi connectivity index (χ1n) is 16.5. The summed E-state index contributed by atoms with van der Waals surface area (Å²) in [4.78, 5) is 8.03. The zero-order valence-electron chi connectivity index (χ0n) is 29.6. The van der Waals surface area contributed by atoms with Gasteiger partial charge in [0.1, 0.15) is 5.82 Å². The Morgan fingerprint density at radius 3 is 1.56 bits per heavy atom. The third-order valence-corrected chi connectivity index (χ3v) is 6.16. The highest BCUT2D eigenvalue weighted by molar-refractivity contribution is 5.22. The number of pyridine rings is 2. The summed E-state index contributed by atoms with van der Waals surface area (Å²) in [6, 6.07) is 15.3. The molecule has 2 nitrogen and oxygen atoms in total. The van der Waals surface area contributed by atoms with Crippen LogP contribution in [0.15, 0.2) is 73.3 Å². The molecule has 3 aromatic rings. The van der Waals surface area contributed by atoms with Gasteiger partial charge in [-0.2, -0.15) is 0 Å². The second-order valence-corrected chi connectivity index (χ2v) is 8.53. The quantitative estimate of drug-likeness (QED) is 0.305. The zero-order valence-corrected chi connectivity index (χ0v) is 29.6. The van der Waals surface area contributed by atoms with Crippen molar-refractivity contribution >= 4 is 0 Å². The van der Waals surface area contributed by atoms with Crippen molar-refractivity contribution in [2.24, 2.45) is 5.92 Å². The Labute approximate surface area is 256 Å². The van der Waals surface area contributed by atoms with Crippen LogP contribution < -0.4 is 0 Å². The van der Waals surface area contributed by atoms with Gasteiger partial charge in [0, 0.05) is 24.8 Å². The Kier molecular flexibility index (Phi) is 37.3. The van der Waals surface area contributed by atoms with Gasteiger partial charge in [-0.3, -0.25) is 9.97 Å². The molecule has 41 heavy (non-hydrogen) atoms. The maximum Gasteiger partial charge on any atom is 0.126 e. The van der Waals surface area contributed by atoms with Crippen molar-refractivity contribution < 1.29 is 4.39 Å². The molecule has 3 heteroatoms. The van der Waals surface area contributed by atoms with E-state index in [9.17, 15) is 4.39 Å². The molecule has 1 aromatic carbocycles. The highest BCUT2D eigenvalue weighted by Crippen LogP contribution is 2.46. The Morgan fingerprint density at radius 2 is 1.17 bits per heavy atom. The normalized spacial score (nSPS) is 14.7. The van der Waals surface area contributed by atoms with Crippen molar-refractivity contribution in [3.05, 3.63) is 95.8 Å². The molecular weight excluding hydrogens is 503 g/mol. The van der Waals surface area contributed by atoms with Crippen LogP contribution in [0.3, 0.4) is 0 Å². The summed E-state index contributed by atoms with van der Waals surface area (Å²) in [5, 5.41) is 0. The lowest BCUT2D eigenvalue weighted by Crippen LogP contribution is -1.94. The predicted molar refractivity (Wildman–Crippen MR) is 186 cm³/mol. The predicted octanol–water partition coefficient (Wildman–Crippen LogP) is 13.3.